The molecule has 124 valence electrons. The van der Waals surface area contributed by atoms with Crippen LogP contribution in [0.3, 0.4) is 0 Å². The van der Waals surface area contributed by atoms with Gasteiger partial charge in [0.1, 0.15) is 0 Å². The van der Waals surface area contributed by atoms with Crippen molar-refractivity contribution in [2.45, 2.75) is 33.2 Å². The molecule has 0 aliphatic rings. The molecule has 1 heterocycles. The zero-order valence-electron chi connectivity index (χ0n) is 13.4. The Bertz CT molecular complexity index is 647. The highest BCUT2D eigenvalue weighted by atomic mass is 79.9. The lowest BCUT2D eigenvalue weighted by molar-refractivity contribution is -0.149. The number of rotatable bonds is 8. The molecule has 3 nitrogen and oxygen atoms in total. The first-order valence-electron chi connectivity index (χ1n) is 7.79. The molecule has 23 heavy (non-hydrogen) atoms. The summed E-state index contributed by atoms with van der Waals surface area (Å²) in [6.45, 7) is 5.09. The smallest absolute Gasteiger partial charge is 0.310 e. The van der Waals surface area contributed by atoms with Gasteiger partial charge in [-0.15, -0.1) is 11.3 Å². The number of carboxylic acids is 1. The first-order valence-corrected chi connectivity index (χ1v) is 9.40. The average molecular weight is 396 g/mol. The predicted octanol–water partition coefficient (Wildman–Crippen LogP) is 5.16. The van der Waals surface area contributed by atoms with E-state index in [9.17, 15) is 9.90 Å². The fraction of sp³-hybridized carbons (Fsp3) is 0.389. The molecule has 5 heteroatoms. The lowest BCUT2D eigenvalue weighted by Crippen LogP contribution is -2.39. The molecule has 1 aromatic heterocycles. The molecular formula is C18H22BrNO2S. The maximum Gasteiger partial charge on any atom is 0.310 e. The molecule has 0 bridgehead atoms. The van der Waals surface area contributed by atoms with Crippen LogP contribution in [0.15, 0.2) is 40.9 Å². The van der Waals surface area contributed by atoms with Gasteiger partial charge in [0.2, 0.25) is 0 Å². The highest BCUT2D eigenvalue weighted by Gasteiger charge is 2.34. The van der Waals surface area contributed by atoms with Crippen LogP contribution in [0, 0.1) is 5.41 Å². The minimum absolute atomic E-state index is 0.501. The number of aliphatic carboxylic acids is 1. The second-order valence-corrected chi connectivity index (χ2v) is 7.75. The maximum atomic E-state index is 11.5. The van der Waals surface area contributed by atoms with Crippen molar-refractivity contribution in [2.24, 2.45) is 5.41 Å². The van der Waals surface area contributed by atoms with E-state index in [2.05, 4.69) is 45.5 Å². The zero-order valence-corrected chi connectivity index (χ0v) is 15.8. The molecule has 1 aromatic carbocycles. The van der Waals surface area contributed by atoms with Crippen molar-refractivity contribution >= 4 is 33.2 Å². The first kappa shape index (κ1) is 18.2. The van der Waals surface area contributed by atoms with E-state index >= 15 is 0 Å². The standard InChI is InChI=1S/C18H22BrNO2S/c1-3-18(4-2,17(21)22)12-20-11-15-9-10-16(23-15)13-5-7-14(19)8-6-13/h5-10,20H,3-4,11-12H2,1-2H3,(H,21,22). The summed E-state index contributed by atoms with van der Waals surface area (Å²) in [5, 5.41) is 12.8. The van der Waals surface area contributed by atoms with E-state index in [1.54, 1.807) is 11.3 Å². The molecule has 0 radical (unpaired) electrons. The molecule has 0 saturated carbocycles. The zero-order chi connectivity index (χ0) is 16.9. The van der Waals surface area contributed by atoms with Gasteiger partial charge < -0.3 is 10.4 Å². The Balaban J connectivity index is 1.97. The first-order chi connectivity index (χ1) is 11.0. The highest BCUT2D eigenvalue weighted by molar-refractivity contribution is 9.10. The van der Waals surface area contributed by atoms with Gasteiger partial charge in [0, 0.05) is 27.3 Å². The van der Waals surface area contributed by atoms with Crippen molar-refractivity contribution in [1.29, 1.82) is 0 Å². The van der Waals surface area contributed by atoms with Crippen LogP contribution in [0.4, 0.5) is 0 Å². The quantitative estimate of drug-likeness (QED) is 0.648. The molecule has 0 fully saturated rings. The number of benzene rings is 1. The maximum absolute atomic E-state index is 11.5. The van der Waals surface area contributed by atoms with E-state index in [1.807, 2.05) is 26.0 Å². The van der Waals surface area contributed by atoms with Gasteiger partial charge in [-0.1, -0.05) is 41.9 Å². The third-order valence-electron chi connectivity index (χ3n) is 4.36. The van der Waals surface area contributed by atoms with Crippen molar-refractivity contribution < 1.29 is 9.90 Å². The van der Waals surface area contributed by atoms with Gasteiger partial charge in [-0.2, -0.15) is 0 Å². The van der Waals surface area contributed by atoms with Gasteiger partial charge in [0.05, 0.1) is 5.41 Å². The van der Waals surface area contributed by atoms with E-state index in [1.165, 1.54) is 15.3 Å². The number of nitrogens with one attached hydrogen (secondary N) is 1. The van der Waals surface area contributed by atoms with Crippen LogP contribution in [0.5, 0.6) is 0 Å². The lowest BCUT2D eigenvalue weighted by atomic mass is 9.82. The summed E-state index contributed by atoms with van der Waals surface area (Å²) >= 11 is 5.19. The molecule has 0 unspecified atom stereocenters. The van der Waals surface area contributed by atoms with E-state index in [-0.39, 0.29) is 0 Å². The largest absolute Gasteiger partial charge is 0.481 e. The molecule has 0 amide bonds. The number of carboxylic acid groups (broad SMARTS) is 1. The summed E-state index contributed by atoms with van der Waals surface area (Å²) in [7, 11) is 0. The summed E-state index contributed by atoms with van der Waals surface area (Å²) < 4.78 is 1.07. The molecule has 2 aromatic rings. The summed E-state index contributed by atoms with van der Waals surface area (Å²) in [5.74, 6) is -0.711. The van der Waals surface area contributed by atoms with Crippen LogP contribution in [0.25, 0.3) is 10.4 Å². The SMILES string of the molecule is CCC(CC)(CNCc1ccc(-c2ccc(Br)cc2)s1)C(=O)O. The van der Waals surface area contributed by atoms with Crippen LogP contribution in [-0.4, -0.2) is 17.6 Å². The monoisotopic (exact) mass is 395 g/mol. The average Bonchev–Trinajstić information content (AvgIpc) is 3.01. The predicted molar refractivity (Wildman–Crippen MR) is 99.8 cm³/mol. The summed E-state index contributed by atoms with van der Waals surface area (Å²) in [6, 6.07) is 12.5. The summed E-state index contributed by atoms with van der Waals surface area (Å²) in [6.07, 6.45) is 1.28. The minimum Gasteiger partial charge on any atom is -0.481 e. The number of hydrogen-bond donors (Lipinski definition) is 2. The minimum atomic E-state index is -0.711. The molecule has 2 rings (SSSR count). The molecule has 0 saturated heterocycles. The highest BCUT2D eigenvalue weighted by Crippen LogP contribution is 2.30. The Kier molecular flexibility index (Phi) is 6.39. The number of hydrogen-bond acceptors (Lipinski definition) is 3. The van der Waals surface area contributed by atoms with Crippen molar-refractivity contribution in [2.75, 3.05) is 6.54 Å². The number of thiophene rings is 1. The normalized spacial score (nSPS) is 11.6. The van der Waals surface area contributed by atoms with Crippen molar-refractivity contribution in [3.8, 4) is 10.4 Å². The van der Waals surface area contributed by atoms with Gasteiger partial charge in [-0.05, 0) is 42.7 Å². The summed E-state index contributed by atoms with van der Waals surface area (Å²) in [4.78, 5) is 13.9. The van der Waals surface area contributed by atoms with Crippen molar-refractivity contribution in [1.82, 2.24) is 5.32 Å². The van der Waals surface area contributed by atoms with Crippen molar-refractivity contribution in [3.63, 3.8) is 0 Å². The van der Waals surface area contributed by atoms with Gasteiger partial charge >= 0.3 is 5.97 Å². The Labute approximate surface area is 149 Å². The molecule has 0 aliphatic carbocycles. The number of carbonyl (C=O) groups is 1. The van der Waals surface area contributed by atoms with Crippen LogP contribution in [0.2, 0.25) is 0 Å². The van der Waals surface area contributed by atoms with Crippen LogP contribution in [-0.2, 0) is 11.3 Å². The van der Waals surface area contributed by atoms with E-state index in [4.69, 9.17) is 0 Å². The third-order valence-corrected chi connectivity index (χ3v) is 6.02. The second kappa shape index (κ2) is 8.08. The van der Waals surface area contributed by atoms with Crippen LogP contribution >= 0.6 is 27.3 Å². The third kappa shape index (κ3) is 4.43. The molecule has 0 spiro atoms. The Morgan fingerprint density at radius 3 is 2.39 bits per heavy atom. The fourth-order valence-electron chi connectivity index (χ4n) is 2.55. The molecular weight excluding hydrogens is 374 g/mol. The lowest BCUT2D eigenvalue weighted by Gasteiger charge is -2.26. The molecule has 0 atom stereocenters. The number of halogens is 1. The van der Waals surface area contributed by atoms with Gasteiger partial charge in [0.25, 0.3) is 0 Å². The van der Waals surface area contributed by atoms with E-state index in [0.717, 1.165) is 4.47 Å². The van der Waals surface area contributed by atoms with Gasteiger partial charge in [-0.3, -0.25) is 4.79 Å². The molecule has 2 N–H and O–H groups in total. The topological polar surface area (TPSA) is 49.3 Å². The van der Waals surface area contributed by atoms with Gasteiger partial charge in [-0.25, -0.2) is 0 Å². The van der Waals surface area contributed by atoms with Crippen LogP contribution < -0.4 is 5.32 Å². The van der Waals surface area contributed by atoms with E-state index < -0.39 is 11.4 Å². The Hall–Kier alpha value is -1.17. The van der Waals surface area contributed by atoms with Gasteiger partial charge in [0.15, 0.2) is 0 Å². The van der Waals surface area contributed by atoms with Crippen LogP contribution in [0.1, 0.15) is 31.6 Å². The van der Waals surface area contributed by atoms with E-state index in [0.29, 0.717) is 25.9 Å². The van der Waals surface area contributed by atoms with Crippen molar-refractivity contribution in [3.05, 3.63) is 45.7 Å². The summed E-state index contributed by atoms with van der Waals surface area (Å²) in [5.41, 5.74) is 0.539. The Morgan fingerprint density at radius 1 is 1.17 bits per heavy atom. The fourth-order valence-corrected chi connectivity index (χ4v) is 3.79. The second-order valence-electron chi connectivity index (χ2n) is 5.67. The molecule has 0 aliphatic heterocycles. The Morgan fingerprint density at radius 2 is 1.83 bits per heavy atom.